The van der Waals surface area contributed by atoms with Gasteiger partial charge in [-0.1, -0.05) is 20.3 Å². The van der Waals surface area contributed by atoms with E-state index in [9.17, 15) is 9.18 Å². The summed E-state index contributed by atoms with van der Waals surface area (Å²) >= 11 is 0. The first-order valence-electron chi connectivity index (χ1n) is 10.3. The molecule has 2 aromatic rings. The molecule has 0 unspecified atom stereocenters. The lowest BCUT2D eigenvalue weighted by Crippen LogP contribution is -2.49. The number of nitrogens with zero attached hydrogens (tertiary/aromatic N) is 4. The molecule has 1 amide bonds. The Kier molecular flexibility index (Phi) is 6.79. The van der Waals surface area contributed by atoms with Gasteiger partial charge in [-0.25, -0.2) is 9.37 Å². The van der Waals surface area contributed by atoms with Crippen molar-refractivity contribution in [3.8, 4) is 11.5 Å². The molecule has 0 atom stereocenters. The second-order valence-corrected chi connectivity index (χ2v) is 7.88. The van der Waals surface area contributed by atoms with E-state index in [-0.39, 0.29) is 28.7 Å². The molecular weight excluding hydrogens is 389 g/mol. The first kappa shape index (κ1) is 21.9. The molecule has 2 heterocycles. The Hall–Kier alpha value is -2.84. The molecule has 1 aromatic carbocycles. The standard InChI is InChI=1S/C21H30FN5O3/c1-13(2)6-5-7-16(28)26-8-10-27(11-9-26)21-24-18-14(20(23)25-21)12-15(29-3)19(30-4)17(18)22/h12-13H,5-11H2,1-4H3,(H2,23,24,25). The normalized spacial score (nSPS) is 14.5. The van der Waals surface area contributed by atoms with Gasteiger partial charge in [-0.05, 0) is 18.4 Å². The van der Waals surface area contributed by atoms with Crippen LogP contribution in [-0.2, 0) is 4.79 Å². The summed E-state index contributed by atoms with van der Waals surface area (Å²) in [5, 5.41) is 0.368. The van der Waals surface area contributed by atoms with Crippen LogP contribution in [0.2, 0.25) is 0 Å². The number of ether oxygens (including phenoxy) is 2. The molecule has 1 aliphatic heterocycles. The van der Waals surface area contributed by atoms with Crippen molar-refractivity contribution in [1.82, 2.24) is 14.9 Å². The molecule has 0 bridgehead atoms. The molecule has 0 radical (unpaired) electrons. The molecule has 8 nitrogen and oxygen atoms in total. The fourth-order valence-corrected chi connectivity index (χ4v) is 3.66. The second-order valence-electron chi connectivity index (χ2n) is 7.88. The molecule has 1 aliphatic rings. The van der Waals surface area contributed by atoms with Crippen LogP contribution >= 0.6 is 0 Å². The molecule has 3 rings (SSSR count). The number of carbonyl (C=O) groups is 1. The SMILES string of the molecule is COc1cc2c(N)nc(N3CCN(C(=O)CCCC(C)C)CC3)nc2c(F)c1OC. The van der Waals surface area contributed by atoms with E-state index in [4.69, 9.17) is 15.2 Å². The number of rotatable bonds is 7. The summed E-state index contributed by atoms with van der Waals surface area (Å²) in [4.78, 5) is 25.0. The third kappa shape index (κ3) is 4.49. The predicted octanol–water partition coefficient (Wildman–Crippen LogP) is 2.84. The minimum atomic E-state index is -0.638. The number of carbonyl (C=O) groups excluding carboxylic acids is 1. The van der Waals surface area contributed by atoms with E-state index in [1.807, 2.05) is 9.80 Å². The number of fused-ring (bicyclic) bond motifs is 1. The average Bonchev–Trinajstić information content (AvgIpc) is 2.73. The van der Waals surface area contributed by atoms with Crippen LogP contribution in [-0.4, -0.2) is 61.2 Å². The third-order valence-electron chi connectivity index (χ3n) is 5.38. The zero-order chi connectivity index (χ0) is 21.8. The summed E-state index contributed by atoms with van der Waals surface area (Å²) in [7, 11) is 2.80. The van der Waals surface area contributed by atoms with Crippen LogP contribution in [0.1, 0.15) is 33.1 Å². The van der Waals surface area contributed by atoms with Crippen LogP contribution < -0.4 is 20.1 Å². The molecule has 0 spiro atoms. The first-order valence-corrected chi connectivity index (χ1v) is 10.3. The molecule has 0 saturated carbocycles. The van der Waals surface area contributed by atoms with Gasteiger partial charge in [0.25, 0.3) is 0 Å². The van der Waals surface area contributed by atoms with E-state index >= 15 is 0 Å². The van der Waals surface area contributed by atoms with Gasteiger partial charge in [-0.15, -0.1) is 0 Å². The van der Waals surface area contributed by atoms with E-state index in [1.54, 1.807) is 6.07 Å². The van der Waals surface area contributed by atoms with Gasteiger partial charge in [0.15, 0.2) is 17.3 Å². The summed E-state index contributed by atoms with van der Waals surface area (Å²) in [6.07, 6.45) is 2.53. The molecular formula is C21H30FN5O3. The van der Waals surface area contributed by atoms with Crippen molar-refractivity contribution in [2.45, 2.75) is 33.1 Å². The van der Waals surface area contributed by atoms with Gasteiger partial charge >= 0.3 is 0 Å². The fraction of sp³-hybridized carbons (Fsp3) is 0.571. The largest absolute Gasteiger partial charge is 0.493 e. The van der Waals surface area contributed by atoms with E-state index in [2.05, 4.69) is 23.8 Å². The highest BCUT2D eigenvalue weighted by atomic mass is 19.1. The van der Waals surface area contributed by atoms with Crippen LogP contribution in [0.25, 0.3) is 10.9 Å². The molecule has 2 N–H and O–H groups in total. The highest BCUT2D eigenvalue weighted by molar-refractivity contribution is 5.92. The van der Waals surface area contributed by atoms with Gasteiger partial charge in [0, 0.05) is 38.0 Å². The fourth-order valence-electron chi connectivity index (χ4n) is 3.66. The van der Waals surface area contributed by atoms with Crippen LogP contribution in [0.15, 0.2) is 6.07 Å². The van der Waals surface area contributed by atoms with Crippen LogP contribution in [0.3, 0.4) is 0 Å². The molecule has 1 aromatic heterocycles. The number of nitrogens with two attached hydrogens (primary N) is 1. The Morgan fingerprint density at radius 3 is 2.50 bits per heavy atom. The molecule has 164 valence electrons. The van der Waals surface area contributed by atoms with Crippen molar-refractivity contribution in [3.05, 3.63) is 11.9 Å². The maximum atomic E-state index is 15.0. The van der Waals surface area contributed by atoms with Crippen molar-refractivity contribution in [2.24, 2.45) is 5.92 Å². The Bertz CT molecular complexity index is 913. The molecule has 9 heteroatoms. The molecule has 0 aliphatic carbocycles. The number of hydrogen-bond acceptors (Lipinski definition) is 7. The number of piperazine rings is 1. The number of halogens is 1. The van der Waals surface area contributed by atoms with Crippen molar-refractivity contribution >= 4 is 28.6 Å². The van der Waals surface area contributed by atoms with Gasteiger partial charge < -0.3 is 25.0 Å². The average molecular weight is 420 g/mol. The van der Waals surface area contributed by atoms with Gasteiger partial charge in [0.2, 0.25) is 11.9 Å². The van der Waals surface area contributed by atoms with Crippen molar-refractivity contribution in [1.29, 1.82) is 0 Å². The first-order chi connectivity index (χ1) is 14.3. The van der Waals surface area contributed by atoms with Crippen LogP contribution in [0, 0.1) is 11.7 Å². The summed E-state index contributed by atoms with van der Waals surface area (Å²) in [6, 6.07) is 1.57. The summed E-state index contributed by atoms with van der Waals surface area (Å²) < 4.78 is 25.3. The minimum absolute atomic E-state index is 0.0223. The zero-order valence-corrected chi connectivity index (χ0v) is 18.1. The number of nitrogen functional groups attached to an aromatic ring is 1. The summed E-state index contributed by atoms with van der Waals surface area (Å²) in [5.41, 5.74) is 6.18. The van der Waals surface area contributed by atoms with Crippen molar-refractivity contribution in [2.75, 3.05) is 51.0 Å². The number of anilines is 2. The molecule has 1 fully saturated rings. The van der Waals surface area contributed by atoms with Gasteiger partial charge in [0.1, 0.15) is 11.3 Å². The monoisotopic (exact) mass is 419 g/mol. The Morgan fingerprint density at radius 1 is 1.20 bits per heavy atom. The quantitative estimate of drug-likeness (QED) is 0.737. The van der Waals surface area contributed by atoms with Gasteiger partial charge in [-0.2, -0.15) is 4.98 Å². The predicted molar refractivity (Wildman–Crippen MR) is 114 cm³/mol. The third-order valence-corrected chi connectivity index (χ3v) is 5.38. The zero-order valence-electron chi connectivity index (χ0n) is 18.1. The number of amides is 1. The van der Waals surface area contributed by atoms with E-state index in [0.717, 1.165) is 12.8 Å². The Morgan fingerprint density at radius 2 is 1.90 bits per heavy atom. The highest BCUT2D eigenvalue weighted by Gasteiger charge is 2.25. The highest BCUT2D eigenvalue weighted by Crippen LogP contribution is 2.37. The van der Waals surface area contributed by atoms with E-state index in [1.165, 1.54) is 14.2 Å². The van der Waals surface area contributed by atoms with E-state index in [0.29, 0.717) is 49.9 Å². The van der Waals surface area contributed by atoms with Gasteiger partial charge in [-0.3, -0.25) is 4.79 Å². The lowest BCUT2D eigenvalue weighted by molar-refractivity contribution is -0.131. The smallest absolute Gasteiger partial charge is 0.228 e. The summed E-state index contributed by atoms with van der Waals surface area (Å²) in [6.45, 7) is 6.61. The Labute approximate surface area is 176 Å². The molecule has 1 saturated heterocycles. The lowest BCUT2D eigenvalue weighted by atomic mass is 10.1. The number of benzene rings is 1. The van der Waals surface area contributed by atoms with Crippen molar-refractivity contribution < 1.29 is 18.7 Å². The minimum Gasteiger partial charge on any atom is -0.493 e. The van der Waals surface area contributed by atoms with Crippen molar-refractivity contribution in [3.63, 3.8) is 0 Å². The number of methoxy groups -OCH3 is 2. The second kappa shape index (κ2) is 9.32. The van der Waals surface area contributed by atoms with E-state index < -0.39 is 5.82 Å². The lowest BCUT2D eigenvalue weighted by Gasteiger charge is -2.35. The maximum absolute atomic E-state index is 15.0. The van der Waals surface area contributed by atoms with Crippen LogP contribution in [0.5, 0.6) is 11.5 Å². The summed E-state index contributed by atoms with van der Waals surface area (Å²) in [5.74, 6) is 0.864. The number of hydrogen-bond donors (Lipinski definition) is 1. The topological polar surface area (TPSA) is 93.8 Å². The number of aromatic nitrogens is 2. The Balaban J connectivity index is 1.75. The maximum Gasteiger partial charge on any atom is 0.228 e. The van der Waals surface area contributed by atoms with Crippen LogP contribution in [0.4, 0.5) is 16.2 Å². The van der Waals surface area contributed by atoms with Gasteiger partial charge in [0.05, 0.1) is 14.2 Å². The molecule has 30 heavy (non-hydrogen) atoms.